The van der Waals surface area contributed by atoms with Crippen molar-refractivity contribution in [3.05, 3.63) is 106 Å². The summed E-state index contributed by atoms with van der Waals surface area (Å²) in [6, 6.07) is 21.0. The number of furan rings is 1. The van der Waals surface area contributed by atoms with Gasteiger partial charge in [-0.3, -0.25) is 14.4 Å². The number of aryl methyl sites for hydroxylation is 1. The van der Waals surface area contributed by atoms with Crippen molar-refractivity contribution < 1.29 is 18.8 Å². The first-order chi connectivity index (χ1) is 16.8. The van der Waals surface area contributed by atoms with Gasteiger partial charge >= 0.3 is 0 Å². The number of hydrogen-bond donors (Lipinski definition) is 2. The van der Waals surface area contributed by atoms with Gasteiger partial charge in [0.15, 0.2) is 11.5 Å². The molecule has 2 heterocycles. The Morgan fingerprint density at radius 2 is 1.60 bits per heavy atom. The molecule has 0 saturated carbocycles. The number of nitrogen functional groups attached to an aromatic ring is 1. The highest BCUT2D eigenvalue weighted by Gasteiger charge is 2.36. The SMILES string of the molecule is Cc1ccc(C(C(=O)Cc2ccccc2)N(Cc2ccccc2)C(=O)c2snc(C(N)=O)c2N)o1. The number of carbonyl (C=O) groups is 3. The summed E-state index contributed by atoms with van der Waals surface area (Å²) in [5, 5.41) is 0. The molecule has 4 N–H and O–H groups in total. The van der Waals surface area contributed by atoms with E-state index in [1.165, 1.54) is 4.90 Å². The average Bonchev–Trinajstić information content (AvgIpc) is 3.45. The van der Waals surface area contributed by atoms with E-state index in [0.717, 1.165) is 22.7 Å². The molecule has 2 amide bonds. The van der Waals surface area contributed by atoms with Crippen molar-refractivity contribution in [2.75, 3.05) is 5.73 Å². The molecular formula is C26H24N4O4S. The average molecular weight is 489 g/mol. The standard InChI is InChI=1S/C26H24N4O4S/c1-16-12-13-20(34-16)23(19(31)14-17-8-4-2-5-9-17)30(15-18-10-6-3-7-11-18)26(33)24-21(27)22(25(28)32)29-35-24/h2-13,23H,14-15,27H2,1H3,(H2,28,32). The van der Waals surface area contributed by atoms with E-state index >= 15 is 0 Å². The number of aromatic nitrogens is 1. The van der Waals surface area contributed by atoms with Crippen LogP contribution in [0, 0.1) is 6.92 Å². The molecule has 0 spiro atoms. The van der Waals surface area contributed by atoms with Crippen molar-refractivity contribution in [1.29, 1.82) is 0 Å². The number of nitrogens with zero attached hydrogens (tertiary/aromatic N) is 2. The van der Waals surface area contributed by atoms with Crippen molar-refractivity contribution in [2.24, 2.45) is 5.73 Å². The Labute approximate surface area is 206 Å². The Balaban J connectivity index is 1.80. The Hall–Kier alpha value is -4.24. The summed E-state index contributed by atoms with van der Waals surface area (Å²) in [6.07, 6.45) is 0.0918. The molecule has 0 bridgehead atoms. The largest absolute Gasteiger partial charge is 0.464 e. The number of anilines is 1. The maximum Gasteiger partial charge on any atom is 0.270 e. The number of hydrogen-bond acceptors (Lipinski definition) is 7. The van der Waals surface area contributed by atoms with Crippen LogP contribution in [0.1, 0.15) is 48.8 Å². The van der Waals surface area contributed by atoms with Crippen LogP contribution in [-0.2, 0) is 17.8 Å². The van der Waals surface area contributed by atoms with E-state index in [0.29, 0.717) is 11.5 Å². The second-order valence-corrected chi connectivity index (χ2v) is 8.81. The molecule has 0 saturated heterocycles. The summed E-state index contributed by atoms with van der Waals surface area (Å²) in [7, 11) is 0. The molecule has 1 unspecified atom stereocenters. The molecule has 2 aromatic heterocycles. The van der Waals surface area contributed by atoms with Gasteiger partial charge in [-0.15, -0.1) is 0 Å². The summed E-state index contributed by atoms with van der Waals surface area (Å²) in [5.41, 5.74) is 12.8. The minimum absolute atomic E-state index is 0.0375. The van der Waals surface area contributed by atoms with Gasteiger partial charge in [0.2, 0.25) is 0 Å². The topological polar surface area (TPSA) is 133 Å². The van der Waals surface area contributed by atoms with Gasteiger partial charge in [0, 0.05) is 13.0 Å². The summed E-state index contributed by atoms with van der Waals surface area (Å²) >= 11 is 0.776. The van der Waals surface area contributed by atoms with Crippen LogP contribution < -0.4 is 11.5 Å². The Bertz CT molecular complexity index is 1350. The highest BCUT2D eigenvalue weighted by molar-refractivity contribution is 7.09. The van der Waals surface area contributed by atoms with E-state index < -0.39 is 17.9 Å². The monoisotopic (exact) mass is 488 g/mol. The van der Waals surface area contributed by atoms with E-state index in [1.807, 2.05) is 60.7 Å². The van der Waals surface area contributed by atoms with Crippen molar-refractivity contribution in [1.82, 2.24) is 9.27 Å². The van der Waals surface area contributed by atoms with Crippen LogP contribution in [0.15, 0.2) is 77.2 Å². The number of ketones is 1. The lowest BCUT2D eigenvalue weighted by atomic mass is 9.99. The predicted molar refractivity (Wildman–Crippen MR) is 133 cm³/mol. The van der Waals surface area contributed by atoms with Gasteiger partial charge in [-0.2, -0.15) is 4.37 Å². The molecule has 8 nitrogen and oxygen atoms in total. The third kappa shape index (κ3) is 5.30. The van der Waals surface area contributed by atoms with E-state index in [1.54, 1.807) is 19.1 Å². The lowest BCUT2D eigenvalue weighted by molar-refractivity contribution is -0.123. The number of rotatable bonds is 9. The highest BCUT2D eigenvalue weighted by atomic mass is 32.1. The molecule has 4 aromatic rings. The maximum atomic E-state index is 13.9. The summed E-state index contributed by atoms with van der Waals surface area (Å²) in [4.78, 5) is 40.7. The number of nitrogens with two attached hydrogens (primary N) is 2. The first-order valence-corrected chi connectivity index (χ1v) is 11.6. The van der Waals surface area contributed by atoms with Gasteiger partial charge in [-0.25, -0.2) is 0 Å². The normalized spacial score (nSPS) is 11.7. The van der Waals surface area contributed by atoms with Crippen molar-refractivity contribution >= 4 is 34.8 Å². The summed E-state index contributed by atoms with van der Waals surface area (Å²) < 4.78 is 9.81. The van der Waals surface area contributed by atoms with Crippen molar-refractivity contribution in [3.8, 4) is 0 Å². The smallest absolute Gasteiger partial charge is 0.270 e. The fourth-order valence-electron chi connectivity index (χ4n) is 3.80. The quantitative estimate of drug-likeness (QED) is 0.367. The Kier molecular flexibility index (Phi) is 7.07. The van der Waals surface area contributed by atoms with E-state index in [4.69, 9.17) is 15.9 Å². The van der Waals surface area contributed by atoms with E-state index in [9.17, 15) is 14.4 Å². The van der Waals surface area contributed by atoms with Crippen LogP contribution in [0.3, 0.4) is 0 Å². The zero-order valence-electron chi connectivity index (χ0n) is 19.0. The number of amides is 2. The van der Waals surface area contributed by atoms with E-state index in [2.05, 4.69) is 4.37 Å². The fourth-order valence-corrected chi connectivity index (χ4v) is 4.56. The van der Waals surface area contributed by atoms with Gasteiger partial charge in [0.05, 0.1) is 5.69 Å². The van der Waals surface area contributed by atoms with Crippen molar-refractivity contribution in [3.63, 3.8) is 0 Å². The van der Waals surface area contributed by atoms with Crippen LogP contribution >= 0.6 is 11.5 Å². The molecule has 0 fully saturated rings. The summed E-state index contributed by atoms with van der Waals surface area (Å²) in [6.45, 7) is 1.87. The predicted octanol–water partition coefficient (Wildman–Crippen LogP) is 3.92. The highest BCUT2D eigenvalue weighted by Crippen LogP contribution is 2.32. The molecule has 0 radical (unpaired) electrons. The number of Topliss-reactive ketones (excluding diaryl/α,β-unsaturated/α-hetero) is 1. The van der Waals surface area contributed by atoms with Crippen LogP contribution in [0.5, 0.6) is 0 Å². The van der Waals surface area contributed by atoms with Gasteiger partial charge in [0.1, 0.15) is 22.4 Å². The van der Waals surface area contributed by atoms with Crippen LogP contribution in [-0.4, -0.2) is 26.9 Å². The van der Waals surface area contributed by atoms with E-state index in [-0.39, 0.29) is 35.0 Å². The third-order valence-corrected chi connectivity index (χ3v) is 6.33. The second kappa shape index (κ2) is 10.4. The molecular weight excluding hydrogens is 464 g/mol. The van der Waals surface area contributed by atoms with Crippen LogP contribution in [0.2, 0.25) is 0 Å². The molecule has 178 valence electrons. The molecule has 9 heteroatoms. The second-order valence-electron chi connectivity index (χ2n) is 8.04. The van der Waals surface area contributed by atoms with Crippen LogP contribution in [0.25, 0.3) is 0 Å². The Morgan fingerprint density at radius 1 is 0.971 bits per heavy atom. The molecule has 0 aliphatic heterocycles. The van der Waals surface area contributed by atoms with Gasteiger partial charge in [0.25, 0.3) is 11.8 Å². The zero-order chi connectivity index (χ0) is 24.9. The van der Waals surface area contributed by atoms with Gasteiger partial charge < -0.3 is 20.8 Å². The molecule has 35 heavy (non-hydrogen) atoms. The lowest BCUT2D eigenvalue weighted by Crippen LogP contribution is -2.39. The number of carbonyl (C=O) groups excluding carboxylic acids is 3. The molecule has 4 rings (SSSR count). The first-order valence-electron chi connectivity index (χ1n) is 10.9. The Morgan fingerprint density at radius 3 is 2.14 bits per heavy atom. The molecule has 2 aromatic carbocycles. The minimum Gasteiger partial charge on any atom is -0.464 e. The minimum atomic E-state index is -1.03. The van der Waals surface area contributed by atoms with Crippen molar-refractivity contribution in [2.45, 2.75) is 25.9 Å². The zero-order valence-corrected chi connectivity index (χ0v) is 19.8. The van der Waals surface area contributed by atoms with Gasteiger partial charge in [-0.05, 0) is 41.7 Å². The fraction of sp³-hybridized carbons (Fsp3) is 0.154. The maximum absolute atomic E-state index is 13.9. The summed E-state index contributed by atoms with van der Waals surface area (Å²) in [5.74, 6) is -0.653. The number of benzene rings is 2. The number of primary amides is 1. The third-order valence-electron chi connectivity index (χ3n) is 5.48. The van der Waals surface area contributed by atoms with Crippen LogP contribution in [0.4, 0.5) is 5.69 Å². The molecule has 1 atom stereocenters. The lowest BCUT2D eigenvalue weighted by Gasteiger charge is -2.30. The molecule has 0 aliphatic carbocycles. The molecule has 0 aliphatic rings. The first kappa shape index (κ1) is 23.9. The van der Waals surface area contributed by atoms with Gasteiger partial charge in [-0.1, -0.05) is 60.7 Å².